The van der Waals surface area contributed by atoms with Crippen LogP contribution in [0, 0.1) is 34.0 Å². The van der Waals surface area contributed by atoms with Crippen molar-refractivity contribution in [1.82, 2.24) is 0 Å². The van der Waals surface area contributed by atoms with Crippen LogP contribution in [0.15, 0.2) is 0 Å². The maximum atomic E-state index is 13.5. The number of Topliss-reactive ketones (excluding diaryl/α,β-unsaturated/α-hetero) is 1. The molecule has 2 bridgehead atoms. The van der Waals surface area contributed by atoms with Crippen LogP contribution in [0.5, 0.6) is 0 Å². The second kappa shape index (κ2) is 6.31. The van der Waals surface area contributed by atoms with Crippen molar-refractivity contribution in [3.8, 4) is 0 Å². The van der Waals surface area contributed by atoms with Crippen molar-refractivity contribution in [3.05, 3.63) is 0 Å². The number of rotatable bonds is 3. The summed E-state index contributed by atoms with van der Waals surface area (Å²) in [5, 5.41) is 11.4. The summed E-state index contributed by atoms with van der Waals surface area (Å²) < 4.78 is 11.3. The van der Waals surface area contributed by atoms with Gasteiger partial charge in [-0.2, -0.15) is 0 Å². The molecule has 0 aromatic carbocycles. The van der Waals surface area contributed by atoms with Crippen LogP contribution in [-0.2, 0) is 14.3 Å². The summed E-state index contributed by atoms with van der Waals surface area (Å²) in [6.07, 6.45) is 4.28. The molecular formula is C21H36O4. The van der Waals surface area contributed by atoms with Crippen molar-refractivity contribution < 1.29 is 19.4 Å². The normalized spacial score (nSPS) is 53.2. The van der Waals surface area contributed by atoms with Gasteiger partial charge >= 0.3 is 0 Å². The van der Waals surface area contributed by atoms with E-state index >= 15 is 0 Å². The first-order chi connectivity index (χ1) is 11.7. The van der Waals surface area contributed by atoms with E-state index in [-0.39, 0.29) is 34.6 Å². The van der Waals surface area contributed by atoms with E-state index in [9.17, 15) is 9.90 Å². The molecule has 4 heteroatoms. The SMILES string of the molecule is COC[C@]1(C)C[C@@H](O)[C@]2(C)[C@@H](C)CC[C@]3(CC[C@@H](OC)[C@@H]32)[C@@H](C)C1=O. The zero-order valence-corrected chi connectivity index (χ0v) is 16.8. The molecule has 0 saturated heterocycles. The van der Waals surface area contributed by atoms with E-state index in [0.717, 1.165) is 25.7 Å². The molecular weight excluding hydrogens is 316 g/mol. The van der Waals surface area contributed by atoms with Gasteiger partial charge in [-0.05, 0) is 49.4 Å². The lowest BCUT2D eigenvalue weighted by Gasteiger charge is -2.61. The monoisotopic (exact) mass is 352 g/mol. The smallest absolute Gasteiger partial charge is 0.144 e. The lowest BCUT2D eigenvalue weighted by Crippen LogP contribution is -2.62. The Kier molecular flexibility index (Phi) is 4.88. The number of hydrogen-bond acceptors (Lipinski definition) is 4. The molecule has 144 valence electrons. The molecule has 8 atom stereocenters. The second-order valence-electron chi connectivity index (χ2n) is 9.63. The highest BCUT2D eigenvalue weighted by Crippen LogP contribution is 2.68. The summed E-state index contributed by atoms with van der Waals surface area (Å²) >= 11 is 0. The van der Waals surface area contributed by atoms with Crippen LogP contribution < -0.4 is 0 Å². The Morgan fingerprint density at radius 1 is 1.16 bits per heavy atom. The first-order valence-corrected chi connectivity index (χ1v) is 9.91. The summed E-state index contributed by atoms with van der Waals surface area (Å²) in [7, 11) is 3.44. The van der Waals surface area contributed by atoms with Gasteiger partial charge in [-0.3, -0.25) is 4.79 Å². The van der Waals surface area contributed by atoms with Gasteiger partial charge in [0.25, 0.3) is 0 Å². The van der Waals surface area contributed by atoms with E-state index in [4.69, 9.17) is 9.47 Å². The minimum atomic E-state index is -0.616. The summed E-state index contributed by atoms with van der Waals surface area (Å²) in [5.74, 6) is 0.919. The third-order valence-corrected chi connectivity index (χ3v) is 8.64. The van der Waals surface area contributed by atoms with E-state index < -0.39 is 11.5 Å². The Labute approximate surface area is 152 Å². The number of ketones is 1. The molecule has 3 saturated carbocycles. The van der Waals surface area contributed by atoms with Gasteiger partial charge in [-0.1, -0.05) is 27.7 Å². The number of aliphatic hydroxyl groups is 1. The van der Waals surface area contributed by atoms with Crippen LogP contribution in [0.25, 0.3) is 0 Å². The highest BCUT2D eigenvalue weighted by atomic mass is 16.5. The third-order valence-electron chi connectivity index (χ3n) is 8.64. The first-order valence-electron chi connectivity index (χ1n) is 9.91. The molecule has 25 heavy (non-hydrogen) atoms. The molecule has 0 aromatic heterocycles. The molecule has 0 unspecified atom stereocenters. The van der Waals surface area contributed by atoms with E-state index in [1.165, 1.54) is 0 Å². The minimum absolute atomic E-state index is 0.0166. The zero-order chi connectivity index (χ0) is 18.6. The number of carbonyl (C=O) groups excluding carboxylic acids is 1. The number of ether oxygens (including phenoxy) is 2. The standard InChI is InChI=1S/C21H36O4/c1-13-7-9-21-10-8-15(25-6)17(21)20(13,4)16(22)11-19(3,12-24-5)18(23)14(21)2/h13-17,22H,7-12H2,1-6H3/t13-,14-,15+,16+,17+,19-,20-,21-/m0/s1. The van der Waals surface area contributed by atoms with Crippen molar-refractivity contribution in [2.24, 2.45) is 34.0 Å². The summed E-state index contributed by atoms with van der Waals surface area (Å²) in [6.45, 7) is 9.04. The number of hydrogen-bond donors (Lipinski definition) is 1. The lowest BCUT2D eigenvalue weighted by atomic mass is 9.44. The van der Waals surface area contributed by atoms with Crippen molar-refractivity contribution in [2.45, 2.75) is 72.0 Å². The maximum absolute atomic E-state index is 13.5. The van der Waals surface area contributed by atoms with Gasteiger partial charge in [-0.15, -0.1) is 0 Å². The fourth-order valence-corrected chi connectivity index (χ4v) is 6.98. The average Bonchev–Trinajstić information content (AvgIpc) is 2.97. The van der Waals surface area contributed by atoms with E-state index in [1.807, 2.05) is 6.92 Å². The van der Waals surface area contributed by atoms with E-state index in [1.54, 1.807) is 14.2 Å². The molecule has 4 nitrogen and oxygen atoms in total. The predicted molar refractivity (Wildman–Crippen MR) is 97.2 cm³/mol. The van der Waals surface area contributed by atoms with Gasteiger partial charge in [-0.25, -0.2) is 0 Å². The van der Waals surface area contributed by atoms with Gasteiger partial charge in [0.1, 0.15) is 5.78 Å². The van der Waals surface area contributed by atoms with Crippen molar-refractivity contribution in [1.29, 1.82) is 0 Å². The average molecular weight is 353 g/mol. The quantitative estimate of drug-likeness (QED) is 0.845. The van der Waals surface area contributed by atoms with Gasteiger partial charge in [0.2, 0.25) is 0 Å². The van der Waals surface area contributed by atoms with Crippen molar-refractivity contribution >= 4 is 5.78 Å². The molecule has 3 aliphatic carbocycles. The third kappa shape index (κ3) is 2.47. The molecule has 3 rings (SSSR count). The lowest BCUT2D eigenvalue weighted by molar-refractivity contribution is -0.194. The van der Waals surface area contributed by atoms with Crippen LogP contribution in [-0.4, -0.2) is 43.9 Å². The Morgan fingerprint density at radius 3 is 2.40 bits per heavy atom. The van der Waals surface area contributed by atoms with Gasteiger partial charge in [0, 0.05) is 25.6 Å². The van der Waals surface area contributed by atoms with Gasteiger partial charge in [0.15, 0.2) is 0 Å². The Morgan fingerprint density at radius 2 is 1.80 bits per heavy atom. The van der Waals surface area contributed by atoms with Crippen LogP contribution in [0.1, 0.15) is 59.8 Å². The summed E-state index contributed by atoms with van der Waals surface area (Å²) in [6, 6.07) is 0. The van der Waals surface area contributed by atoms with Crippen LogP contribution >= 0.6 is 0 Å². The zero-order valence-electron chi connectivity index (χ0n) is 16.8. The van der Waals surface area contributed by atoms with Crippen molar-refractivity contribution in [2.75, 3.05) is 20.8 Å². The Balaban J connectivity index is 2.16. The van der Waals surface area contributed by atoms with Crippen molar-refractivity contribution in [3.63, 3.8) is 0 Å². The molecule has 1 N–H and O–H groups in total. The van der Waals surface area contributed by atoms with Gasteiger partial charge < -0.3 is 14.6 Å². The molecule has 0 aromatic rings. The van der Waals surface area contributed by atoms with Gasteiger partial charge in [0.05, 0.1) is 24.2 Å². The Hall–Kier alpha value is -0.450. The molecule has 0 heterocycles. The van der Waals surface area contributed by atoms with E-state index in [0.29, 0.717) is 18.9 Å². The fraction of sp³-hybridized carbons (Fsp3) is 0.952. The molecule has 0 aliphatic heterocycles. The highest BCUT2D eigenvalue weighted by molar-refractivity contribution is 5.87. The summed E-state index contributed by atoms with van der Waals surface area (Å²) in [4.78, 5) is 13.5. The van der Waals surface area contributed by atoms with Crippen LogP contribution in [0.4, 0.5) is 0 Å². The second-order valence-corrected chi connectivity index (χ2v) is 9.63. The highest BCUT2D eigenvalue weighted by Gasteiger charge is 2.67. The topological polar surface area (TPSA) is 55.8 Å². The largest absolute Gasteiger partial charge is 0.393 e. The number of methoxy groups -OCH3 is 2. The van der Waals surface area contributed by atoms with Crippen LogP contribution in [0.2, 0.25) is 0 Å². The fourth-order valence-electron chi connectivity index (χ4n) is 6.98. The molecule has 0 amide bonds. The molecule has 3 fully saturated rings. The summed E-state index contributed by atoms with van der Waals surface area (Å²) in [5.41, 5.74) is -0.885. The Bertz CT molecular complexity index is 534. The molecule has 0 radical (unpaired) electrons. The molecule has 3 aliphatic rings. The van der Waals surface area contributed by atoms with E-state index in [2.05, 4.69) is 20.8 Å². The first kappa shape index (κ1) is 19.3. The number of aliphatic hydroxyl groups excluding tert-OH is 1. The molecule has 0 spiro atoms. The van der Waals surface area contributed by atoms with Crippen LogP contribution in [0.3, 0.4) is 0 Å². The minimum Gasteiger partial charge on any atom is -0.393 e. The maximum Gasteiger partial charge on any atom is 0.144 e. The number of carbonyl (C=O) groups is 1. The predicted octanol–water partition coefficient (Wildman–Crippen LogP) is 3.46.